The number of imidazole rings is 2. The number of aryl methyl sites for hydroxylation is 1. The third-order valence-corrected chi connectivity index (χ3v) is 14.3. The van der Waals surface area contributed by atoms with Crippen LogP contribution in [0.5, 0.6) is 0 Å². The van der Waals surface area contributed by atoms with E-state index >= 15 is 0 Å². The maximum absolute atomic E-state index is 13.0. The average molecular weight is 955 g/mol. The molecule has 8 rings (SSSR count). The van der Waals surface area contributed by atoms with E-state index < -0.39 is 96.9 Å². The van der Waals surface area contributed by atoms with Gasteiger partial charge in [0.15, 0.2) is 17.4 Å². The second-order valence-electron chi connectivity index (χ2n) is 14.4. The van der Waals surface area contributed by atoms with Gasteiger partial charge in [-0.1, -0.05) is 41.4 Å². The molecule has 64 heavy (non-hydrogen) atoms. The van der Waals surface area contributed by atoms with Gasteiger partial charge in [0.05, 0.1) is 26.6 Å². The van der Waals surface area contributed by atoms with Gasteiger partial charge >= 0.3 is 21.3 Å². The predicted molar refractivity (Wildman–Crippen MR) is 215 cm³/mol. The quantitative estimate of drug-likeness (QED) is 0.0423. The van der Waals surface area contributed by atoms with Crippen LogP contribution < -0.4 is 32.0 Å². The Morgan fingerprint density at radius 3 is 2.25 bits per heavy atom. The average Bonchev–Trinajstić information content (AvgIpc) is 3.92. The molecule has 0 radical (unpaired) electrons. The van der Waals surface area contributed by atoms with Gasteiger partial charge in [-0.3, -0.25) is 37.8 Å². The van der Waals surface area contributed by atoms with Crippen LogP contribution in [0.3, 0.4) is 0 Å². The van der Waals surface area contributed by atoms with E-state index in [1.165, 1.54) is 16.2 Å². The number of fused-ring (bicyclic) bond motifs is 3. The van der Waals surface area contributed by atoms with Gasteiger partial charge in [0.1, 0.15) is 36.6 Å². The van der Waals surface area contributed by atoms with Crippen molar-refractivity contribution in [2.75, 3.05) is 24.7 Å². The standard InChI is InChI=1S/C33H37N10O18P3/c1-41-19(9-7-14-6-8-15-4-2-3-5-16(15)10-14)43(27-21(41)29(49)40-33(35)38-27)31-25(47)23(45)18(59-31)12-57-63(52,53)61-64(54,55)60-62(50,51)56-11-17-22(44)24(46)30(58-17)42-13-36-20-26(42)37-32(34)39-28(20)48/h2-10,13,17-18,22-25,30-31,44-47H,11-12H2,1H3,(H8-,34,35,37,38,39,40,48,49,50,51,52,53,54,55)/b9-7+/t17-,18-,22-,23-,24-,25-,30-,31-/m1/s1. The zero-order chi connectivity index (χ0) is 46.0. The molecule has 4 aromatic heterocycles. The lowest BCUT2D eigenvalue weighted by molar-refractivity contribution is -0.747. The van der Waals surface area contributed by atoms with Crippen LogP contribution in [0.4, 0.5) is 11.9 Å². The number of anilines is 2. The van der Waals surface area contributed by atoms with Crippen molar-refractivity contribution in [2.24, 2.45) is 7.05 Å². The second-order valence-corrected chi connectivity index (χ2v) is 18.9. The fourth-order valence-electron chi connectivity index (χ4n) is 7.21. The van der Waals surface area contributed by atoms with Crippen molar-refractivity contribution < 1.29 is 80.5 Å². The number of hydrogen-bond acceptors (Lipinski definition) is 21. The number of nitrogens with two attached hydrogens (primary N) is 2. The lowest BCUT2D eigenvalue weighted by atomic mass is 10.1. The molecular formula is C33H37N10O18P3. The Kier molecular flexibility index (Phi) is 12.1. The van der Waals surface area contributed by atoms with Crippen molar-refractivity contribution in [3.05, 3.63) is 80.9 Å². The van der Waals surface area contributed by atoms with Crippen molar-refractivity contribution in [3.63, 3.8) is 0 Å². The molecule has 2 aliphatic heterocycles. The lowest BCUT2D eigenvalue weighted by Crippen LogP contribution is -2.48. The topological polar surface area (TPSA) is 421 Å². The number of hydrogen-bond donors (Lipinski definition) is 10. The molecule has 3 unspecified atom stereocenters. The number of phosphoric ester groups is 2. The highest BCUT2D eigenvalue weighted by atomic mass is 31.3. The lowest BCUT2D eigenvalue weighted by Gasteiger charge is -2.26. The van der Waals surface area contributed by atoms with E-state index in [0.29, 0.717) is 0 Å². The normalized spacial score (nSPS) is 26.8. The molecule has 31 heteroatoms. The number of nitrogens with one attached hydrogen (secondary N) is 2. The summed E-state index contributed by atoms with van der Waals surface area (Å²) >= 11 is 0. The summed E-state index contributed by atoms with van der Waals surface area (Å²) in [6, 6.07) is 13.2. The van der Waals surface area contributed by atoms with Crippen LogP contribution in [0.1, 0.15) is 23.8 Å². The van der Waals surface area contributed by atoms with Gasteiger partial charge in [-0.2, -0.15) is 13.9 Å². The molecule has 28 nitrogen and oxygen atoms in total. The minimum Gasteiger partial charge on any atom is -0.756 e. The van der Waals surface area contributed by atoms with Crippen molar-refractivity contribution >= 4 is 80.6 Å². The molecule has 11 atom stereocenters. The van der Waals surface area contributed by atoms with Crippen LogP contribution in [0.25, 0.3) is 45.3 Å². The summed E-state index contributed by atoms with van der Waals surface area (Å²) in [6.07, 6.45) is -9.58. The van der Waals surface area contributed by atoms with Gasteiger partial charge < -0.3 is 60.6 Å². The molecule has 12 N–H and O–H groups in total. The first-order valence-corrected chi connectivity index (χ1v) is 23.0. The number of phosphoric acid groups is 3. The number of rotatable bonds is 14. The Bertz CT molecular complexity index is 3090. The Hall–Kier alpha value is -5.09. The number of aliphatic hydroxyl groups is 4. The van der Waals surface area contributed by atoms with Gasteiger partial charge in [0, 0.05) is 6.08 Å². The highest BCUT2D eigenvalue weighted by Crippen LogP contribution is 2.66. The molecule has 6 heterocycles. The summed E-state index contributed by atoms with van der Waals surface area (Å²) in [5.41, 5.74) is 10.2. The Labute approximate surface area is 356 Å². The van der Waals surface area contributed by atoms with E-state index in [2.05, 4.69) is 42.6 Å². The maximum atomic E-state index is 13.0. The van der Waals surface area contributed by atoms with Crippen LogP contribution in [0, 0.1) is 0 Å². The largest absolute Gasteiger partial charge is 0.756 e. The van der Waals surface area contributed by atoms with E-state index in [-0.39, 0.29) is 40.0 Å². The number of H-pyrrole nitrogens is 2. The highest BCUT2D eigenvalue weighted by molar-refractivity contribution is 7.66. The number of ether oxygens (including phenoxy) is 2. The van der Waals surface area contributed by atoms with Gasteiger partial charge in [-0.25, -0.2) is 18.4 Å². The van der Waals surface area contributed by atoms with Gasteiger partial charge in [0.25, 0.3) is 24.9 Å². The van der Waals surface area contributed by atoms with E-state index in [4.69, 9.17) is 20.9 Å². The molecule has 0 amide bonds. The summed E-state index contributed by atoms with van der Waals surface area (Å²) in [5, 5.41) is 45.2. The molecule has 2 saturated heterocycles. The van der Waals surface area contributed by atoms with E-state index in [1.54, 1.807) is 12.2 Å². The fraction of sp³-hybridized carbons (Fsp3) is 0.333. The summed E-state index contributed by atoms with van der Waals surface area (Å²) in [6.45, 7) is -2.31. The number of nitrogens with zero attached hydrogens (tertiary/aromatic N) is 6. The fourth-order valence-corrected chi connectivity index (χ4v) is 10.7. The Balaban J connectivity index is 0.923. The zero-order valence-electron chi connectivity index (χ0n) is 32.6. The van der Waals surface area contributed by atoms with Crippen LogP contribution in [-0.4, -0.2) is 114 Å². The number of aromatic nitrogens is 8. The molecule has 0 saturated carbocycles. The van der Waals surface area contributed by atoms with E-state index in [9.17, 15) is 58.4 Å². The monoisotopic (exact) mass is 954 g/mol. The smallest absolute Gasteiger partial charge is 0.487 e. The first kappa shape index (κ1) is 45.5. The molecule has 0 aliphatic carbocycles. The van der Waals surface area contributed by atoms with Crippen molar-refractivity contribution in [2.45, 2.75) is 49.1 Å². The summed E-state index contributed by atoms with van der Waals surface area (Å²) in [4.78, 5) is 74.8. The Morgan fingerprint density at radius 1 is 0.844 bits per heavy atom. The number of aliphatic hydroxyl groups excluding tert-OH is 4. The maximum Gasteiger partial charge on any atom is 0.487 e. The molecule has 0 bridgehead atoms. The van der Waals surface area contributed by atoms with Crippen LogP contribution in [0.15, 0.2) is 58.4 Å². The van der Waals surface area contributed by atoms with E-state index in [0.717, 1.165) is 27.2 Å². The minimum atomic E-state index is -6.13. The predicted octanol–water partition coefficient (Wildman–Crippen LogP) is -1.86. The number of aromatic amines is 2. The van der Waals surface area contributed by atoms with Crippen molar-refractivity contribution in [1.29, 1.82) is 0 Å². The zero-order valence-corrected chi connectivity index (χ0v) is 35.3. The summed E-state index contributed by atoms with van der Waals surface area (Å²) < 4.78 is 70.4. The van der Waals surface area contributed by atoms with Gasteiger partial charge in [-0.05, 0) is 28.5 Å². The molecule has 2 aromatic carbocycles. The SMILES string of the molecule is Cn1c(/C=C/c2ccc3ccccc3c2)[n+]([C@@H]2O[C@H](COP(=O)([O-])OP(=O)(O)OP(=O)(O)OC[C@H]3O[C@@H](n4cnc5c(=O)[nH]c(N)nc54)[C@H](O)[C@@H]3O)[C@@H](O)[C@H]2O)c2nc(N)[nH]c(=O)c21. The summed E-state index contributed by atoms with van der Waals surface area (Å²) in [7, 11) is -16.4. The van der Waals surface area contributed by atoms with Crippen molar-refractivity contribution in [3.8, 4) is 0 Å². The van der Waals surface area contributed by atoms with Gasteiger partial charge in [0.2, 0.25) is 23.5 Å². The first-order valence-electron chi connectivity index (χ1n) is 18.5. The van der Waals surface area contributed by atoms with Gasteiger partial charge in [-0.15, -0.1) is 0 Å². The third-order valence-electron chi connectivity index (χ3n) is 10.1. The third kappa shape index (κ3) is 8.96. The molecule has 2 fully saturated rings. The summed E-state index contributed by atoms with van der Waals surface area (Å²) in [5.74, 6) is -0.441. The molecule has 342 valence electrons. The van der Waals surface area contributed by atoms with Crippen LogP contribution >= 0.6 is 23.5 Å². The molecular weight excluding hydrogens is 917 g/mol. The molecule has 0 spiro atoms. The number of nitrogen functional groups attached to an aromatic ring is 2. The highest BCUT2D eigenvalue weighted by Gasteiger charge is 2.50. The van der Waals surface area contributed by atoms with E-state index in [1.807, 2.05) is 42.5 Å². The minimum absolute atomic E-state index is 0.0297. The van der Waals surface area contributed by atoms with Crippen LogP contribution in [0.2, 0.25) is 0 Å². The first-order chi connectivity index (χ1) is 30.1. The molecule has 6 aromatic rings. The van der Waals surface area contributed by atoms with Crippen LogP contribution in [-0.2, 0) is 47.9 Å². The second kappa shape index (κ2) is 17.0. The Morgan fingerprint density at radius 2 is 1.50 bits per heavy atom. The van der Waals surface area contributed by atoms with Crippen molar-refractivity contribution in [1.82, 2.24) is 34.1 Å². The molecule has 2 aliphatic rings. The number of benzene rings is 2.